The van der Waals surface area contributed by atoms with Gasteiger partial charge in [0.2, 0.25) is 0 Å². The van der Waals surface area contributed by atoms with E-state index in [1.54, 1.807) is 0 Å². The standard InChI is InChI=1S/C13H20OS/c1-2-3-4-5-13(14)10-8-11-6-7-12(9-10)15-11/h2,10-12H,1,3-9H2. The molecule has 0 aromatic rings. The molecule has 15 heavy (non-hydrogen) atoms. The lowest BCUT2D eigenvalue weighted by atomic mass is 9.92. The van der Waals surface area contributed by atoms with Crippen molar-refractivity contribution in [1.82, 2.24) is 0 Å². The zero-order valence-electron chi connectivity index (χ0n) is 9.28. The minimum absolute atomic E-state index is 0.397. The van der Waals surface area contributed by atoms with Crippen molar-refractivity contribution < 1.29 is 4.79 Å². The second-order valence-electron chi connectivity index (χ2n) is 4.77. The number of thioether (sulfide) groups is 1. The van der Waals surface area contributed by atoms with Crippen LogP contribution >= 0.6 is 11.8 Å². The molecule has 2 saturated heterocycles. The second kappa shape index (κ2) is 5.20. The smallest absolute Gasteiger partial charge is 0.136 e. The van der Waals surface area contributed by atoms with E-state index in [0.29, 0.717) is 11.7 Å². The number of hydrogen-bond acceptors (Lipinski definition) is 2. The van der Waals surface area contributed by atoms with Crippen LogP contribution in [0.4, 0.5) is 0 Å². The second-order valence-corrected chi connectivity index (χ2v) is 6.38. The van der Waals surface area contributed by atoms with Gasteiger partial charge in [0.05, 0.1) is 0 Å². The number of ketones is 1. The Balaban J connectivity index is 1.78. The van der Waals surface area contributed by atoms with Gasteiger partial charge in [0.15, 0.2) is 0 Å². The van der Waals surface area contributed by atoms with Gasteiger partial charge in [-0.25, -0.2) is 0 Å². The minimum atomic E-state index is 0.397. The van der Waals surface area contributed by atoms with Gasteiger partial charge in [-0.1, -0.05) is 6.08 Å². The minimum Gasteiger partial charge on any atom is -0.299 e. The molecule has 2 heteroatoms. The molecule has 2 rings (SSSR count). The lowest BCUT2D eigenvalue weighted by Gasteiger charge is -2.26. The molecule has 2 unspecified atom stereocenters. The summed E-state index contributed by atoms with van der Waals surface area (Å²) in [6, 6.07) is 0. The number of allylic oxidation sites excluding steroid dienone is 1. The Kier molecular flexibility index (Phi) is 3.90. The maximum atomic E-state index is 11.9. The number of Topliss-reactive ketones (excluding diaryl/α,β-unsaturated/α-hetero) is 1. The van der Waals surface area contributed by atoms with Crippen molar-refractivity contribution >= 4 is 17.5 Å². The van der Waals surface area contributed by atoms with Crippen molar-refractivity contribution in [3.05, 3.63) is 12.7 Å². The number of hydrogen-bond donors (Lipinski definition) is 0. The molecule has 0 aliphatic carbocycles. The van der Waals surface area contributed by atoms with E-state index in [0.717, 1.165) is 42.6 Å². The number of carbonyl (C=O) groups is 1. The van der Waals surface area contributed by atoms with Crippen molar-refractivity contribution in [2.24, 2.45) is 5.92 Å². The zero-order chi connectivity index (χ0) is 10.7. The third-order valence-corrected chi connectivity index (χ3v) is 5.20. The molecule has 0 aromatic heterocycles. The lowest BCUT2D eigenvalue weighted by Crippen LogP contribution is -2.24. The quantitative estimate of drug-likeness (QED) is 0.524. The Bertz CT molecular complexity index is 237. The summed E-state index contributed by atoms with van der Waals surface area (Å²) in [6.45, 7) is 3.69. The molecular formula is C13H20OS. The van der Waals surface area contributed by atoms with Crippen LogP contribution in [-0.2, 0) is 4.79 Å². The molecule has 2 bridgehead atoms. The van der Waals surface area contributed by atoms with Gasteiger partial charge in [0.1, 0.15) is 5.78 Å². The molecule has 2 fully saturated rings. The molecule has 0 saturated carbocycles. The first-order valence-electron chi connectivity index (χ1n) is 6.08. The molecule has 0 amide bonds. The van der Waals surface area contributed by atoms with Crippen LogP contribution in [0.2, 0.25) is 0 Å². The molecule has 2 atom stereocenters. The molecule has 2 aliphatic heterocycles. The van der Waals surface area contributed by atoms with Gasteiger partial charge in [0, 0.05) is 22.8 Å². The van der Waals surface area contributed by atoms with Crippen LogP contribution in [0.3, 0.4) is 0 Å². The molecule has 0 radical (unpaired) electrons. The Labute approximate surface area is 96.7 Å². The maximum absolute atomic E-state index is 11.9. The van der Waals surface area contributed by atoms with Crippen LogP contribution in [-0.4, -0.2) is 16.3 Å². The van der Waals surface area contributed by atoms with Crippen LogP contribution in [0.15, 0.2) is 12.7 Å². The third-order valence-electron chi connectivity index (χ3n) is 3.58. The normalized spacial score (nSPS) is 34.0. The summed E-state index contributed by atoms with van der Waals surface area (Å²) in [4.78, 5) is 11.9. The topological polar surface area (TPSA) is 17.1 Å². The van der Waals surface area contributed by atoms with Gasteiger partial charge in [-0.15, -0.1) is 6.58 Å². The first-order valence-corrected chi connectivity index (χ1v) is 7.03. The zero-order valence-corrected chi connectivity index (χ0v) is 10.1. The average molecular weight is 224 g/mol. The first-order chi connectivity index (χ1) is 7.29. The van der Waals surface area contributed by atoms with Crippen LogP contribution in [0.25, 0.3) is 0 Å². The van der Waals surface area contributed by atoms with Crippen molar-refractivity contribution in [1.29, 1.82) is 0 Å². The Morgan fingerprint density at radius 1 is 1.33 bits per heavy atom. The fourth-order valence-electron chi connectivity index (χ4n) is 2.75. The monoisotopic (exact) mass is 224 g/mol. The van der Waals surface area contributed by atoms with E-state index >= 15 is 0 Å². The van der Waals surface area contributed by atoms with Crippen LogP contribution < -0.4 is 0 Å². The molecule has 2 heterocycles. The van der Waals surface area contributed by atoms with Gasteiger partial charge in [0.25, 0.3) is 0 Å². The van der Waals surface area contributed by atoms with Crippen molar-refractivity contribution in [3.8, 4) is 0 Å². The third kappa shape index (κ3) is 2.87. The summed E-state index contributed by atoms with van der Waals surface area (Å²) in [5, 5.41) is 1.61. The highest BCUT2D eigenvalue weighted by atomic mass is 32.2. The highest BCUT2D eigenvalue weighted by Crippen LogP contribution is 2.46. The van der Waals surface area contributed by atoms with Crippen molar-refractivity contribution in [3.63, 3.8) is 0 Å². The van der Waals surface area contributed by atoms with Crippen molar-refractivity contribution in [2.45, 2.75) is 55.4 Å². The van der Waals surface area contributed by atoms with Crippen LogP contribution in [0, 0.1) is 5.92 Å². The van der Waals surface area contributed by atoms with E-state index in [2.05, 4.69) is 18.3 Å². The molecule has 0 spiro atoms. The summed E-state index contributed by atoms with van der Waals surface area (Å²) in [6.07, 6.45) is 9.70. The average Bonchev–Trinajstić information content (AvgIpc) is 2.58. The summed E-state index contributed by atoms with van der Waals surface area (Å²) in [5.41, 5.74) is 0. The summed E-state index contributed by atoms with van der Waals surface area (Å²) >= 11 is 2.13. The fourth-order valence-corrected chi connectivity index (χ4v) is 4.52. The van der Waals surface area contributed by atoms with E-state index in [-0.39, 0.29) is 0 Å². The van der Waals surface area contributed by atoms with E-state index in [4.69, 9.17) is 0 Å². The predicted molar refractivity (Wildman–Crippen MR) is 66.2 cm³/mol. The van der Waals surface area contributed by atoms with Gasteiger partial charge in [-0.05, 0) is 38.5 Å². The van der Waals surface area contributed by atoms with E-state index < -0.39 is 0 Å². The van der Waals surface area contributed by atoms with E-state index in [1.165, 1.54) is 12.8 Å². The lowest BCUT2D eigenvalue weighted by molar-refractivity contribution is -0.123. The predicted octanol–water partition coefficient (Wildman–Crippen LogP) is 3.59. The van der Waals surface area contributed by atoms with Gasteiger partial charge in [-0.2, -0.15) is 11.8 Å². The number of rotatable bonds is 5. The highest BCUT2D eigenvalue weighted by Gasteiger charge is 2.37. The van der Waals surface area contributed by atoms with Crippen LogP contribution in [0.5, 0.6) is 0 Å². The number of fused-ring (bicyclic) bond motifs is 2. The van der Waals surface area contributed by atoms with E-state index in [1.807, 2.05) is 6.08 Å². The number of unbranched alkanes of at least 4 members (excludes halogenated alkanes) is 1. The number of carbonyl (C=O) groups excluding carboxylic acids is 1. The highest BCUT2D eigenvalue weighted by molar-refractivity contribution is 8.00. The molecule has 0 aromatic carbocycles. The summed E-state index contributed by atoms with van der Waals surface area (Å²) < 4.78 is 0. The summed E-state index contributed by atoms with van der Waals surface area (Å²) in [5.74, 6) is 0.919. The fraction of sp³-hybridized carbons (Fsp3) is 0.769. The largest absolute Gasteiger partial charge is 0.299 e. The Morgan fingerprint density at radius 2 is 2.00 bits per heavy atom. The van der Waals surface area contributed by atoms with Gasteiger partial charge >= 0.3 is 0 Å². The van der Waals surface area contributed by atoms with Gasteiger partial charge < -0.3 is 0 Å². The summed E-state index contributed by atoms with van der Waals surface area (Å²) in [7, 11) is 0. The molecular weight excluding hydrogens is 204 g/mol. The van der Waals surface area contributed by atoms with E-state index in [9.17, 15) is 4.79 Å². The molecule has 84 valence electrons. The van der Waals surface area contributed by atoms with Crippen LogP contribution in [0.1, 0.15) is 44.9 Å². The maximum Gasteiger partial charge on any atom is 0.136 e. The molecule has 1 nitrogen and oxygen atoms in total. The first kappa shape index (κ1) is 11.3. The SMILES string of the molecule is C=CCCCC(=O)C1CC2CCC(C1)S2. The molecule has 0 N–H and O–H groups in total. The Morgan fingerprint density at radius 3 is 2.60 bits per heavy atom. The molecule has 2 aliphatic rings. The van der Waals surface area contributed by atoms with Gasteiger partial charge in [-0.3, -0.25) is 4.79 Å². The Hall–Kier alpha value is -0.240. The van der Waals surface area contributed by atoms with Crippen molar-refractivity contribution in [2.75, 3.05) is 0 Å².